The number of aromatic nitrogens is 2. The van der Waals surface area contributed by atoms with Crippen molar-refractivity contribution in [3.05, 3.63) is 72.1 Å². The minimum Gasteiger partial charge on any atom is -0.497 e. The zero-order chi connectivity index (χ0) is 20.6. The topological polar surface area (TPSA) is 98.7 Å². The third-order valence-corrected chi connectivity index (χ3v) is 4.70. The number of nitrogens with one attached hydrogen (secondary N) is 1. The molecule has 0 bridgehead atoms. The summed E-state index contributed by atoms with van der Waals surface area (Å²) in [4.78, 5) is 14.5. The Balaban J connectivity index is 1.75. The number of ether oxygens (including phenoxy) is 1. The van der Waals surface area contributed by atoms with Crippen LogP contribution in [0.5, 0.6) is 5.75 Å². The molecule has 152 valence electrons. The highest BCUT2D eigenvalue weighted by Crippen LogP contribution is 2.23. The fourth-order valence-electron chi connectivity index (χ4n) is 3.10. The number of nitrogens with zero attached hydrogens (tertiary/aromatic N) is 2. The Labute approximate surface area is 169 Å². The third kappa shape index (κ3) is 5.22. The van der Waals surface area contributed by atoms with E-state index in [4.69, 9.17) is 4.74 Å². The maximum Gasteiger partial charge on any atom is 0.256 e. The molecule has 1 amide bonds. The molecule has 1 atom stereocenters. The number of amides is 1. The highest BCUT2D eigenvalue weighted by molar-refractivity contribution is 5.82. The standard InChI is InChI=1S/C22H25N3O4/c1-29-20-5-2-4-16(12-20)15-25(10-3-11-26)22(28)21(27)18-8-6-17(7-9-18)19-13-23-24-14-19/h2,4-9,12-14,21,26-27H,3,10-11,15H2,1H3,(H,23,24). The lowest BCUT2D eigenvalue weighted by molar-refractivity contribution is -0.141. The van der Waals surface area contributed by atoms with Crippen LogP contribution >= 0.6 is 0 Å². The minimum absolute atomic E-state index is 0.0304. The van der Waals surface area contributed by atoms with Gasteiger partial charge in [-0.1, -0.05) is 36.4 Å². The average Bonchev–Trinajstić information content (AvgIpc) is 3.31. The lowest BCUT2D eigenvalue weighted by Gasteiger charge is -2.25. The Hall–Kier alpha value is -3.16. The molecule has 0 aliphatic heterocycles. The molecule has 29 heavy (non-hydrogen) atoms. The van der Waals surface area contributed by atoms with Crippen LogP contribution in [0.15, 0.2) is 60.9 Å². The largest absolute Gasteiger partial charge is 0.497 e. The second-order valence-corrected chi connectivity index (χ2v) is 6.70. The molecule has 2 aromatic carbocycles. The van der Waals surface area contributed by atoms with Gasteiger partial charge in [0, 0.05) is 31.5 Å². The monoisotopic (exact) mass is 395 g/mol. The lowest BCUT2D eigenvalue weighted by Crippen LogP contribution is -2.35. The Morgan fingerprint density at radius 1 is 1.21 bits per heavy atom. The van der Waals surface area contributed by atoms with Crippen LogP contribution in [0.3, 0.4) is 0 Å². The van der Waals surface area contributed by atoms with Gasteiger partial charge in [0.15, 0.2) is 6.10 Å². The average molecular weight is 395 g/mol. The number of aliphatic hydroxyl groups is 2. The molecule has 7 heteroatoms. The number of carbonyl (C=O) groups excluding carboxylic acids is 1. The summed E-state index contributed by atoms with van der Waals surface area (Å²) in [6.45, 7) is 0.633. The van der Waals surface area contributed by atoms with E-state index in [1.165, 1.54) is 0 Å². The number of rotatable bonds is 9. The van der Waals surface area contributed by atoms with Gasteiger partial charge in [-0.3, -0.25) is 9.89 Å². The van der Waals surface area contributed by atoms with Gasteiger partial charge in [-0.15, -0.1) is 0 Å². The predicted molar refractivity (Wildman–Crippen MR) is 109 cm³/mol. The molecule has 3 rings (SSSR count). The van der Waals surface area contributed by atoms with Crippen molar-refractivity contribution in [3.63, 3.8) is 0 Å². The molecule has 0 aliphatic rings. The molecule has 3 aromatic rings. The molecule has 1 aromatic heterocycles. The highest BCUT2D eigenvalue weighted by atomic mass is 16.5. The summed E-state index contributed by atoms with van der Waals surface area (Å²) in [6.07, 6.45) is 2.64. The zero-order valence-corrected chi connectivity index (χ0v) is 16.3. The fraction of sp³-hybridized carbons (Fsp3) is 0.273. The van der Waals surface area contributed by atoms with E-state index < -0.39 is 12.0 Å². The number of hydrogen-bond acceptors (Lipinski definition) is 5. The van der Waals surface area contributed by atoms with Crippen LogP contribution in [-0.4, -0.2) is 51.5 Å². The van der Waals surface area contributed by atoms with Crippen molar-refractivity contribution in [1.82, 2.24) is 15.1 Å². The normalized spacial score (nSPS) is 11.8. The highest BCUT2D eigenvalue weighted by Gasteiger charge is 2.24. The van der Waals surface area contributed by atoms with E-state index in [1.807, 2.05) is 36.4 Å². The van der Waals surface area contributed by atoms with Crippen molar-refractivity contribution in [2.24, 2.45) is 0 Å². The molecule has 7 nitrogen and oxygen atoms in total. The summed E-state index contributed by atoms with van der Waals surface area (Å²) in [5.41, 5.74) is 3.27. The maximum absolute atomic E-state index is 13.0. The quantitative estimate of drug-likeness (QED) is 0.517. The molecule has 0 saturated carbocycles. The summed E-state index contributed by atoms with van der Waals surface area (Å²) >= 11 is 0. The zero-order valence-electron chi connectivity index (χ0n) is 16.3. The first-order valence-corrected chi connectivity index (χ1v) is 9.42. The number of aromatic amines is 1. The Morgan fingerprint density at radius 3 is 2.66 bits per heavy atom. The van der Waals surface area contributed by atoms with E-state index in [-0.39, 0.29) is 6.61 Å². The first kappa shape index (κ1) is 20.6. The molecule has 0 aliphatic carbocycles. The van der Waals surface area contributed by atoms with E-state index >= 15 is 0 Å². The van der Waals surface area contributed by atoms with Gasteiger partial charge < -0.3 is 19.8 Å². The lowest BCUT2D eigenvalue weighted by atomic mass is 10.0. The van der Waals surface area contributed by atoms with Crippen LogP contribution in [0.2, 0.25) is 0 Å². The van der Waals surface area contributed by atoms with Gasteiger partial charge in [0.25, 0.3) is 5.91 Å². The van der Waals surface area contributed by atoms with Crippen LogP contribution in [0.1, 0.15) is 23.7 Å². The molecule has 0 saturated heterocycles. The summed E-state index contributed by atoms with van der Waals surface area (Å²) in [5, 5.41) is 26.5. The molecule has 0 spiro atoms. The second-order valence-electron chi connectivity index (χ2n) is 6.70. The van der Waals surface area contributed by atoms with Gasteiger partial charge in [0.05, 0.1) is 13.3 Å². The van der Waals surface area contributed by atoms with Gasteiger partial charge in [-0.2, -0.15) is 5.10 Å². The fourth-order valence-corrected chi connectivity index (χ4v) is 3.10. The number of hydrogen-bond donors (Lipinski definition) is 3. The van der Waals surface area contributed by atoms with Gasteiger partial charge in [0.2, 0.25) is 0 Å². The van der Waals surface area contributed by atoms with Gasteiger partial charge >= 0.3 is 0 Å². The number of benzene rings is 2. The molecule has 1 unspecified atom stereocenters. The van der Waals surface area contributed by atoms with Gasteiger partial charge in [-0.05, 0) is 35.2 Å². The molecule has 3 N–H and O–H groups in total. The van der Waals surface area contributed by atoms with Crippen molar-refractivity contribution in [1.29, 1.82) is 0 Å². The van der Waals surface area contributed by atoms with Crippen molar-refractivity contribution in [2.75, 3.05) is 20.3 Å². The van der Waals surface area contributed by atoms with Crippen molar-refractivity contribution in [2.45, 2.75) is 19.1 Å². The Morgan fingerprint density at radius 2 is 2.00 bits per heavy atom. The van der Waals surface area contributed by atoms with Crippen LogP contribution in [0.4, 0.5) is 0 Å². The Bertz CT molecular complexity index is 910. The first-order valence-electron chi connectivity index (χ1n) is 9.42. The predicted octanol–water partition coefficient (Wildman–Crippen LogP) is 2.53. The van der Waals surface area contributed by atoms with Crippen LogP contribution in [-0.2, 0) is 11.3 Å². The van der Waals surface area contributed by atoms with E-state index in [2.05, 4.69) is 10.2 Å². The minimum atomic E-state index is -1.28. The van der Waals surface area contributed by atoms with Crippen LogP contribution < -0.4 is 4.74 Å². The maximum atomic E-state index is 13.0. The molecule has 0 fully saturated rings. The summed E-state index contributed by atoms with van der Waals surface area (Å²) in [6, 6.07) is 14.6. The Kier molecular flexibility index (Phi) is 6.99. The summed E-state index contributed by atoms with van der Waals surface area (Å²) in [7, 11) is 1.59. The number of aliphatic hydroxyl groups excluding tert-OH is 2. The molecular formula is C22H25N3O4. The molecule has 0 radical (unpaired) electrons. The van der Waals surface area contributed by atoms with Crippen LogP contribution in [0, 0.1) is 0 Å². The second kappa shape index (κ2) is 9.86. The van der Waals surface area contributed by atoms with Gasteiger partial charge in [-0.25, -0.2) is 0 Å². The summed E-state index contributed by atoms with van der Waals surface area (Å²) < 4.78 is 5.24. The first-order chi connectivity index (χ1) is 14.1. The molecule has 1 heterocycles. The summed E-state index contributed by atoms with van der Waals surface area (Å²) in [5.74, 6) is 0.296. The smallest absolute Gasteiger partial charge is 0.256 e. The SMILES string of the molecule is COc1cccc(CN(CCCO)C(=O)C(O)c2ccc(-c3cn[nH]c3)cc2)c1. The van der Waals surface area contributed by atoms with Crippen molar-refractivity contribution < 1.29 is 19.7 Å². The van der Waals surface area contributed by atoms with Crippen molar-refractivity contribution in [3.8, 4) is 16.9 Å². The van der Waals surface area contributed by atoms with Crippen molar-refractivity contribution >= 4 is 5.91 Å². The van der Waals surface area contributed by atoms with E-state index in [1.54, 1.807) is 36.5 Å². The van der Waals surface area contributed by atoms with E-state index in [9.17, 15) is 15.0 Å². The third-order valence-electron chi connectivity index (χ3n) is 4.70. The number of methoxy groups -OCH3 is 1. The van der Waals surface area contributed by atoms with Crippen LogP contribution in [0.25, 0.3) is 11.1 Å². The van der Waals surface area contributed by atoms with E-state index in [0.717, 1.165) is 16.7 Å². The number of H-pyrrole nitrogens is 1. The van der Waals surface area contributed by atoms with E-state index in [0.29, 0.717) is 30.8 Å². The van der Waals surface area contributed by atoms with Gasteiger partial charge in [0.1, 0.15) is 5.75 Å². The molecular weight excluding hydrogens is 370 g/mol. The number of carbonyl (C=O) groups is 1.